The highest BCUT2D eigenvalue weighted by atomic mass is 16.5. The molecule has 1 amide bonds. The lowest BCUT2D eigenvalue weighted by atomic mass is 10.1. The van der Waals surface area contributed by atoms with Gasteiger partial charge in [0, 0.05) is 52.1 Å². The van der Waals surface area contributed by atoms with Crippen LogP contribution in [0, 0.1) is 6.92 Å². The monoisotopic (exact) mass is 371 g/mol. The second kappa shape index (κ2) is 9.62. The van der Waals surface area contributed by atoms with Crippen molar-refractivity contribution >= 4 is 5.91 Å². The van der Waals surface area contributed by atoms with Gasteiger partial charge in [0.15, 0.2) is 5.82 Å². The molecule has 7 heteroatoms. The van der Waals surface area contributed by atoms with Gasteiger partial charge < -0.3 is 14.7 Å². The fourth-order valence-corrected chi connectivity index (χ4v) is 3.16. The number of rotatable bonds is 8. The summed E-state index contributed by atoms with van der Waals surface area (Å²) in [5, 5.41) is 6.72. The first-order valence-corrected chi connectivity index (χ1v) is 9.63. The third-order valence-corrected chi connectivity index (χ3v) is 4.88. The van der Waals surface area contributed by atoms with Gasteiger partial charge in [-0.1, -0.05) is 29.4 Å². The minimum absolute atomic E-state index is 0.0488. The Labute approximate surface area is 160 Å². The van der Waals surface area contributed by atoms with E-state index in [9.17, 15) is 4.79 Å². The molecule has 0 aliphatic carbocycles. The van der Waals surface area contributed by atoms with Crippen LogP contribution in [0.25, 0.3) is 0 Å². The molecule has 0 unspecified atom stereocenters. The van der Waals surface area contributed by atoms with Gasteiger partial charge in [-0.2, -0.15) is 4.98 Å². The normalized spacial score (nSPS) is 15.8. The van der Waals surface area contributed by atoms with Crippen LogP contribution in [0.4, 0.5) is 0 Å². The third kappa shape index (κ3) is 6.45. The molecule has 0 spiro atoms. The van der Waals surface area contributed by atoms with Gasteiger partial charge in [-0.3, -0.25) is 9.69 Å². The Morgan fingerprint density at radius 3 is 2.52 bits per heavy atom. The van der Waals surface area contributed by atoms with Crippen molar-refractivity contribution in [1.29, 1.82) is 0 Å². The zero-order chi connectivity index (χ0) is 19.1. The predicted molar refractivity (Wildman–Crippen MR) is 103 cm³/mol. The lowest BCUT2D eigenvalue weighted by Crippen LogP contribution is -2.43. The van der Waals surface area contributed by atoms with Crippen LogP contribution in [0.15, 0.2) is 28.8 Å². The van der Waals surface area contributed by atoms with E-state index in [2.05, 4.69) is 56.6 Å². The highest BCUT2D eigenvalue weighted by molar-refractivity contribution is 5.75. The van der Waals surface area contributed by atoms with Crippen LogP contribution >= 0.6 is 0 Å². The number of nitrogens with zero attached hydrogens (tertiary/aromatic N) is 4. The molecule has 3 rings (SSSR count). The first-order valence-electron chi connectivity index (χ1n) is 9.63. The van der Waals surface area contributed by atoms with Gasteiger partial charge in [0.2, 0.25) is 11.8 Å². The summed E-state index contributed by atoms with van der Waals surface area (Å²) >= 11 is 0. The molecule has 1 aromatic heterocycles. The number of carbonyl (C=O) groups is 1. The molecule has 7 nitrogen and oxygen atoms in total. The van der Waals surface area contributed by atoms with E-state index in [-0.39, 0.29) is 5.91 Å². The van der Waals surface area contributed by atoms with Crippen molar-refractivity contribution in [3.8, 4) is 0 Å². The van der Waals surface area contributed by atoms with Crippen LogP contribution in [0.1, 0.15) is 35.7 Å². The SMILES string of the molecule is Cc1noc(CCCC(=O)NCc2ccc(CN3CCN(C)CC3)cc2)n1. The molecule has 0 saturated carbocycles. The Morgan fingerprint density at radius 1 is 1.15 bits per heavy atom. The second-order valence-electron chi connectivity index (χ2n) is 7.26. The Balaban J connectivity index is 1.34. The predicted octanol–water partition coefficient (Wildman–Crippen LogP) is 1.76. The summed E-state index contributed by atoms with van der Waals surface area (Å²) in [5.74, 6) is 1.27. The molecule has 1 aliphatic rings. The van der Waals surface area contributed by atoms with E-state index in [1.54, 1.807) is 6.92 Å². The Bertz CT molecular complexity index is 720. The van der Waals surface area contributed by atoms with Crippen molar-refractivity contribution < 1.29 is 9.32 Å². The summed E-state index contributed by atoms with van der Waals surface area (Å²) in [5.41, 5.74) is 2.45. The van der Waals surface area contributed by atoms with Crippen LogP contribution in [-0.4, -0.2) is 59.1 Å². The summed E-state index contributed by atoms with van der Waals surface area (Å²) < 4.78 is 5.05. The van der Waals surface area contributed by atoms with Gasteiger partial charge in [0.05, 0.1) is 0 Å². The molecule has 1 fully saturated rings. The number of amides is 1. The minimum atomic E-state index is 0.0488. The van der Waals surface area contributed by atoms with Crippen molar-refractivity contribution in [3.63, 3.8) is 0 Å². The fraction of sp³-hybridized carbons (Fsp3) is 0.550. The van der Waals surface area contributed by atoms with Crippen molar-refractivity contribution in [2.45, 2.75) is 39.3 Å². The number of aromatic nitrogens is 2. The van der Waals surface area contributed by atoms with E-state index in [4.69, 9.17) is 4.52 Å². The van der Waals surface area contributed by atoms with Crippen LogP contribution in [0.3, 0.4) is 0 Å². The fourth-order valence-electron chi connectivity index (χ4n) is 3.16. The summed E-state index contributed by atoms with van der Waals surface area (Å²) in [6.07, 6.45) is 1.80. The van der Waals surface area contributed by atoms with Crippen LogP contribution in [-0.2, 0) is 24.3 Å². The smallest absolute Gasteiger partial charge is 0.226 e. The van der Waals surface area contributed by atoms with Crippen molar-refractivity contribution in [2.75, 3.05) is 33.2 Å². The molecule has 0 radical (unpaired) electrons. The number of hydrogen-bond donors (Lipinski definition) is 1. The maximum Gasteiger partial charge on any atom is 0.226 e. The van der Waals surface area contributed by atoms with Crippen LogP contribution < -0.4 is 5.32 Å². The molecule has 2 heterocycles. The summed E-state index contributed by atoms with van der Waals surface area (Å²) in [6, 6.07) is 8.54. The number of hydrogen-bond acceptors (Lipinski definition) is 6. The van der Waals surface area contributed by atoms with E-state index in [0.717, 1.165) is 38.3 Å². The molecule has 27 heavy (non-hydrogen) atoms. The van der Waals surface area contributed by atoms with Gasteiger partial charge >= 0.3 is 0 Å². The quantitative estimate of drug-likeness (QED) is 0.762. The van der Waals surface area contributed by atoms with E-state index in [0.29, 0.717) is 37.5 Å². The second-order valence-corrected chi connectivity index (χ2v) is 7.26. The number of aryl methyl sites for hydroxylation is 2. The first-order chi connectivity index (χ1) is 13.1. The van der Waals surface area contributed by atoms with Gasteiger partial charge in [-0.15, -0.1) is 0 Å². The van der Waals surface area contributed by atoms with E-state index >= 15 is 0 Å². The summed E-state index contributed by atoms with van der Waals surface area (Å²) in [6.45, 7) is 7.86. The van der Waals surface area contributed by atoms with E-state index in [1.165, 1.54) is 5.56 Å². The zero-order valence-electron chi connectivity index (χ0n) is 16.3. The third-order valence-electron chi connectivity index (χ3n) is 4.88. The van der Waals surface area contributed by atoms with Gasteiger partial charge in [0.25, 0.3) is 0 Å². The summed E-state index contributed by atoms with van der Waals surface area (Å²) in [4.78, 5) is 21.0. The highest BCUT2D eigenvalue weighted by Crippen LogP contribution is 2.10. The van der Waals surface area contributed by atoms with Crippen LogP contribution in [0.5, 0.6) is 0 Å². The topological polar surface area (TPSA) is 74.5 Å². The molecule has 1 N–H and O–H groups in total. The van der Waals surface area contributed by atoms with Crippen molar-refractivity contribution in [2.24, 2.45) is 0 Å². The van der Waals surface area contributed by atoms with E-state index in [1.807, 2.05) is 0 Å². The highest BCUT2D eigenvalue weighted by Gasteiger charge is 2.13. The number of likely N-dealkylation sites (N-methyl/N-ethyl adjacent to an activating group) is 1. The van der Waals surface area contributed by atoms with Crippen LogP contribution in [0.2, 0.25) is 0 Å². The number of piperazine rings is 1. The molecule has 1 aromatic carbocycles. The zero-order valence-corrected chi connectivity index (χ0v) is 16.3. The number of benzene rings is 1. The molecular formula is C20H29N5O2. The lowest BCUT2D eigenvalue weighted by Gasteiger charge is -2.32. The standard InChI is InChI=1S/C20H29N5O2/c1-16-22-20(27-23-16)5-3-4-19(26)21-14-17-6-8-18(9-7-17)15-25-12-10-24(2)11-13-25/h6-9H,3-5,10-15H2,1-2H3,(H,21,26). The Morgan fingerprint density at radius 2 is 1.85 bits per heavy atom. The lowest BCUT2D eigenvalue weighted by molar-refractivity contribution is -0.121. The number of nitrogens with one attached hydrogen (secondary N) is 1. The Hall–Kier alpha value is -2.25. The van der Waals surface area contributed by atoms with E-state index < -0.39 is 0 Å². The van der Waals surface area contributed by atoms with Crippen molar-refractivity contribution in [3.05, 3.63) is 47.1 Å². The minimum Gasteiger partial charge on any atom is -0.352 e. The largest absolute Gasteiger partial charge is 0.352 e. The maximum absolute atomic E-state index is 12.0. The van der Waals surface area contributed by atoms with Gasteiger partial charge in [-0.25, -0.2) is 0 Å². The molecule has 1 saturated heterocycles. The molecule has 146 valence electrons. The first kappa shape index (κ1) is 19.5. The number of carbonyl (C=O) groups excluding carboxylic acids is 1. The molecule has 0 bridgehead atoms. The average Bonchev–Trinajstić information content (AvgIpc) is 3.08. The maximum atomic E-state index is 12.0. The molecule has 2 aromatic rings. The molecule has 1 aliphatic heterocycles. The summed E-state index contributed by atoms with van der Waals surface area (Å²) in [7, 11) is 2.17. The molecular weight excluding hydrogens is 342 g/mol. The molecule has 0 atom stereocenters. The van der Waals surface area contributed by atoms with Gasteiger partial charge in [-0.05, 0) is 31.5 Å². The Kier molecular flexibility index (Phi) is 6.95. The average molecular weight is 371 g/mol. The van der Waals surface area contributed by atoms with Crippen molar-refractivity contribution in [1.82, 2.24) is 25.3 Å². The van der Waals surface area contributed by atoms with Gasteiger partial charge in [0.1, 0.15) is 0 Å².